The molecule has 3 rings (SSSR count). The van der Waals surface area contributed by atoms with Crippen molar-refractivity contribution in [2.24, 2.45) is 0 Å². The van der Waals surface area contributed by atoms with E-state index in [1.165, 1.54) is 0 Å². The van der Waals surface area contributed by atoms with E-state index in [9.17, 15) is 0 Å². The fraction of sp³-hybridized carbons (Fsp3) is 0.182. The number of nitrogens with two attached hydrogens (primary N) is 1. The molecule has 3 aromatic heterocycles. The zero-order valence-corrected chi connectivity index (χ0v) is 10.3. The van der Waals surface area contributed by atoms with Gasteiger partial charge in [0.1, 0.15) is 11.3 Å². The summed E-state index contributed by atoms with van der Waals surface area (Å²) < 4.78 is 0. The summed E-state index contributed by atoms with van der Waals surface area (Å²) in [6, 6.07) is 1.84. The molecule has 0 amide bonds. The van der Waals surface area contributed by atoms with Gasteiger partial charge in [0.2, 0.25) is 5.95 Å². The van der Waals surface area contributed by atoms with Crippen LogP contribution in [0.5, 0.6) is 0 Å². The Morgan fingerprint density at radius 2 is 2.16 bits per heavy atom. The van der Waals surface area contributed by atoms with E-state index in [-0.39, 0.29) is 5.95 Å². The predicted octanol–water partition coefficient (Wildman–Crippen LogP) is 0.646. The molecule has 0 saturated heterocycles. The number of hydrogen-bond acceptors (Lipinski definition) is 7. The minimum absolute atomic E-state index is 0.181. The van der Waals surface area contributed by atoms with E-state index >= 15 is 0 Å². The number of nitrogens with one attached hydrogen (secondary N) is 2. The third-order valence-electron chi connectivity index (χ3n) is 2.57. The lowest BCUT2D eigenvalue weighted by atomic mass is 10.4. The lowest BCUT2D eigenvalue weighted by Crippen LogP contribution is -2.07. The molecule has 0 aromatic carbocycles. The van der Waals surface area contributed by atoms with Crippen molar-refractivity contribution < 1.29 is 0 Å². The molecular formula is C11H12N8. The van der Waals surface area contributed by atoms with Gasteiger partial charge in [-0.1, -0.05) is 0 Å². The Kier molecular flexibility index (Phi) is 2.67. The van der Waals surface area contributed by atoms with Gasteiger partial charge in [0, 0.05) is 6.20 Å². The number of hydrogen-bond donors (Lipinski definition) is 3. The molecule has 0 aliphatic carbocycles. The third-order valence-corrected chi connectivity index (χ3v) is 2.57. The summed E-state index contributed by atoms with van der Waals surface area (Å²) in [4.78, 5) is 23.6. The van der Waals surface area contributed by atoms with Gasteiger partial charge in [-0.05, 0) is 13.0 Å². The van der Waals surface area contributed by atoms with Crippen LogP contribution in [0.15, 0.2) is 18.6 Å². The highest BCUT2D eigenvalue weighted by atomic mass is 15.1. The van der Waals surface area contributed by atoms with E-state index in [1.807, 2.05) is 13.0 Å². The van der Waals surface area contributed by atoms with Crippen molar-refractivity contribution in [2.75, 3.05) is 11.1 Å². The second-order valence-electron chi connectivity index (χ2n) is 3.98. The van der Waals surface area contributed by atoms with Crippen LogP contribution >= 0.6 is 0 Å². The van der Waals surface area contributed by atoms with Gasteiger partial charge in [-0.15, -0.1) is 0 Å². The molecular weight excluding hydrogens is 244 g/mol. The van der Waals surface area contributed by atoms with Gasteiger partial charge in [0.15, 0.2) is 11.5 Å². The van der Waals surface area contributed by atoms with Crippen molar-refractivity contribution in [3.8, 4) is 0 Å². The van der Waals surface area contributed by atoms with Gasteiger partial charge in [0.25, 0.3) is 0 Å². The molecule has 0 aliphatic rings. The molecule has 0 spiro atoms. The van der Waals surface area contributed by atoms with Crippen LogP contribution in [0.3, 0.4) is 0 Å². The lowest BCUT2D eigenvalue weighted by Gasteiger charge is -2.06. The van der Waals surface area contributed by atoms with Gasteiger partial charge in [-0.3, -0.25) is 0 Å². The molecule has 3 heterocycles. The Balaban J connectivity index is 1.87. The summed E-state index contributed by atoms with van der Waals surface area (Å²) in [7, 11) is 0. The van der Waals surface area contributed by atoms with E-state index in [2.05, 4.69) is 35.2 Å². The molecule has 8 nitrogen and oxygen atoms in total. The molecule has 3 aromatic rings. The summed E-state index contributed by atoms with van der Waals surface area (Å²) >= 11 is 0. The zero-order chi connectivity index (χ0) is 13.2. The monoisotopic (exact) mass is 256 g/mol. The van der Waals surface area contributed by atoms with Crippen LogP contribution in [0.25, 0.3) is 11.2 Å². The molecule has 0 bridgehead atoms. The Morgan fingerprint density at radius 1 is 1.26 bits per heavy atom. The summed E-state index contributed by atoms with van der Waals surface area (Å²) in [6.45, 7) is 2.37. The first-order chi connectivity index (χ1) is 9.22. The van der Waals surface area contributed by atoms with E-state index < -0.39 is 0 Å². The number of imidazole rings is 1. The molecule has 4 N–H and O–H groups in total. The highest BCUT2D eigenvalue weighted by molar-refractivity contribution is 5.83. The number of nitrogen functional groups attached to an aromatic ring is 1. The van der Waals surface area contributed by atoms with Crippen molar-refractivity contribution in [3.63, 3.8) is 0 Å². The second-order valence-corrected chi connectivity index (χ2v) is 3.98. The van der Waals surface area contributed by atoms with E-state index in [0.717, 1.165) is 17.0 Å². The smallest absolute Gasteiger partial charge is 0.224 e. The molecule has 0 atom stereocenters. The SMILES string of the molecule is Cc1nccc(CNc2nc(N)nc3nc[nH]c23)n1. The number of rotatable bonds is 3. The highest BCUT2D eigenvalue weighted by Gasteiger charge is 2.08. The van der Waals surface area contributed by atoms with Crippen molar-refractivity contribution in [3.05, 3.63) is 30.1 Å². The number of aryl methyl sites for hydroxylation is 1. The van der Waals surface area contributed by atoms with Gasteiger partial charge in [0.05, 0.1) is 18.6 Å². The van der Waals surface area contributed by atoms with Gasteiger partial charge < -0.3 is 16.0 Å². The number of fused-ring (bicyclic) bond motifs is 1. The quantitative estimate of drug-likeness (QED) is 0.629. The Hall–Kier alpha value is -2.77. The number of aromatic amines is 1. The lowest BCUT2D eigenvalue weighted by molar-refractivity contribution is 0.950. The van der Waals surface area contributed by atoms with Crippen molar-refractivity contribution in [1.82, 2.24) is 29.9 Å². The predicted molar refractivity (Wildman–Crippen MR) is 70.2 cm³/mol. The first kappa shape index (κ1) is 11.3. The summed E-state index contributed by atoms with van der Waals surface area (Å²) in [6.07, 6.45) is 3.28. The van der Waals surface area contributed by atoms with Gasteiger partial charge in [-0.25, -0.2) is 15.0 Å². The minimum atomic E-state index is 0.181. The molecule has 19 heavy (non-hydrogen) atoms. The molecule has 0 radical (unpaired) electrons. The molecule has 96 valence electrons. The Bertz CT molecular complexity index is 720. The average molecular weight is 256 g/mol. The van der Waals surface area contributed by atoms with Crippen molar-refractivity contribution in [2.45, 2.75) is 13.5 Å². The van der Waals surface area contributed by atoms with Crippen LogP contribution in [-0.4, -0.2) is 29.9 Å². The largest absolute Gasteiger partial charge is 0.368 e. The van der Waals surface area contributed by atoms with Crippen molar-refractivity contribution >= 4 is 22.9 Å². The maximum absolute atomic E-state index is 5.64. The standard InChI is InChI=1S/C11H12N8/c1-6-13-3-2-7(17-6)4-14-9-8-10(16-5-15-8)19-11(12)18-9/h2-3,5H,4H2,1H3,(H4,12,14,15,16,18,19). The second kappa shape index (κ2) is 4.48. The van der Waals surface area contributed by atoms with Crippen molar-refractivity contribution in [1.29, 1.82) is 0 Å². The molecule has 8 heteroatoms. The summed E-state index contributed by atoms with van der Waals surface area (Å²) in [5, 5.41) is 3.17. The third kappa shape index (κ3) is 2.28. The van der Waals surface area contributed by atoms with E-state index in [0.29, 0.717) is 18.0 Å². The normalized spacial score (nSPS) is 10.8. The molecule has 0 fully saturated rings. The first-order valence-corrected chi connectivity index (χ1v) is 5.71. The Morgan fingerprint density at radius 3 is 3.00 bits per heavy atom. The molecule has 0 unspecified atom stereocenters. The fourth-order valence-electron chi connectivity index (χ4n) is 1.76. The first-order valence-electron chi connectivity index (χ1n) is 5.71. The summed E-state index contributed by atoms with van der Waals surface area (Å²) in [5.74, 6) is 1.52. The van der Waals surface area contributed by atoms with Crippen LogP contribution in [0.2, 0.25) is 0 Å². The fourth-order valence-corrected chi connectivity index (χ4v) is 1.76. The Labute approximate surface area is 108 Å². The number of H-pyrrole nitrogens is 1. The number of aromatic nitrogens is 6. The maximum atomic E-state index is 5.64. The molecule has 0 saturated carbocycles. The van der Waals surface area contributed by atoms with Gasteiger partial charge >= 0.3 is 0 Å². The van der Waals surface area contributed by atoms with Crippen LogP contribution in [0.4, 0.5) is 11.8 Å². The minimum Gasteiger partial charge on any atom is -0.368 e. The van der Waals surface area contributed by atoms with Crippen LogP contribution < -0.4 is 11.1 Å². The highest BCUT2D eigenvalue weighted by Crippen LogP contribution is 2.17. The average Bonchev–Trinajstić information content (AvgIpc) is 2.84. The zero-order valence-electron chi connectivity index (χ0n) is 10.3. The number of anilines is 2. The topological polar surface area (TPSA) is 118 Å². The van der Waals surface area contributed by atoms with E-state index in [4.69, 9.17) is 5.73 Å². The number of nitrogens with zero attached hydrogens (tertiary/aromatic N) is 5. The van der Waals surface area contributed by atoms with Crippen LogP contribution in [-0.2, 0) is 6.54 Å². The van der Waals surface area contributed by atoms with Crippen LogP contribution in [0.1, 0.15) is 11.5 Å². The van der Waals surface area contributed by atoms with Crippen LogP contribution in [0, 0.1) is 6.92 Å². The maximum Gasteiger partial charge on any atom is 0.224 e. The van der Waals surface area contributed by atoms with E-state index in [1.54, 1.807) is 12.5 Å². The van der Waals surface area contributed by atoms with Gasteiger partial charge in [-0.2, -0.15) is 9.97 Å². The summed E-state index contributed by atoms with van der Waals surface area (Å²) in [5.41, 5.74) is 7.77. The molecule has 0 aliphatic heterocycles.